The number of rotatable bonds is 6. The second kappa shape index (κ2) is 7.35. The Hall–Kier alpha value is -2.11. The first kappa shape index (κ1) is 14.9. The van der Waals surface area contributed by atoms with Crippen molar-refractivity contribution in [2.45, 2.75) is 19.8 Å². The molecule has 19 heavy (non-hydrogen) atoms. The molecule has 0 saturated heterocycles. The van der Waals surface area contributed by atoms with Gasteiger partial charge in [0.15, 0.2) is 0 Å². The maximum atomic E-state index is 13.0. The van der Waals surface area contributed by atoms with Gasteiger partial charge in [-0.25, -0.2) is 4.39 Å². The average Bonchev–Trinajstić information content (AvgIpc) is 2.39. The lowest BCUT2D eigenvalue weighted by Gasteiger charge is -2.10. The van der Waals surface area contributed by atoms with E-state index < -0.39 is 11.8 Å². The minimum atomic E-state index is -0.457. The summed E-state index contributed by atoms with van der Waals surface area (Å²) in [4.78, 5) is 22.7. The van der Waals surface area contributed by atoms with E-state index in [-0.39, 0.29) is 31.1 Å². The fourth-order valence-electron chi connectivity index (χ4n) is 1.43. The fourth-order valence-corrected chi connectivity index (χ4v) is 1.43. The summed E-state index contributed by atoms with van der Waals surface area (Å²) in [7, 11) is 1.38. The van der Waals surface area contributed by atoms with Crippen LogP contribution < -0.4 is 10.1 Å². The molecule has 0 unspecified atom stereocenters. The summed E-state index contributed by atoms with van der Waals surface area (Å²) in [6.07, 6.45) is 0.00253. The second-order valence-electron chi connectivity index (χ2n) is 3.70. The van der Waals surface area contributed by atoms with Crippen molar-refractivity contribution in [1.29, 1.82) is 0 Å². The number of hydrogen-bond donors (Lipinski definition) is 1. The maximum absolute atomic E-state index is 13.0. The quantitative estimate of drug-likeness (QED) is 0.803. The number of amides is 1. The Labute approximate surface area is 110 Å². The number of benzene rings is 1. The number of anilines is 1. The van der Waals surface area contributed by atoms with Crippen LogP contribution in [0.1, 0.15) is 19.8 Å². The lowest BCUT2D eigenvalue weighted by atomic mass is 10.2. The number of nitrogens with one attached hydrogen (secondary N) is 1. The minimum Gasteiger partial charge on any atom is -0.494 e. The van der Waals surface area contributed by atoms with Gasteiger partial charge in [0.05, 0.1) is 25.8 Å². The summed E-state index contributed by atoms with van der Waals surface area (Å²) in [5, 5.41) is 2.55. The van der Waals surface area contributed by atoms with Crippen LogP contribution in [0.15, 0.2) is 18.2 Å². The third-order valence-electron chi connectivity index (χ3n) is 2.30. The number of halogens is 1. The summed E-state index contributed by atoms with van der Waals surface area (Å²) in [6, 6.07) is 3.78. The van der Waals surface area contributed by atoms with E-state index in [0.717, 1.165) is 0 Å². The summed E-state index contributed by atoms with van der Waals surface area (Å²) < 4.78 is 22.6. The molecule has 1 aromatic rings. The predicted octanol–water partition coefficient (Wildman–Crippen LogP) is 2.12. The van der Waals surface area contributed by atoms with E-state index in [1.807, 2.05) is 0 Å². The Bertz CT molecular complexity index is 462. The zero-order valence-electron chi connectivity index (χ0n) is 10.9. The molecule has 0 bridgehead atoms. The van der Waals surface area contributed by atoms with Gasteiger partial charge in [0.1, 0.15) is 11.6 Å². The Kier molecular flexibility index (Phi) is 5.78. The van der Waals surface area contributed by atoms with Crippen LogP contribution in [0.25, 0.3) is 0 Å². The molecule has 0 aliphatic heterocycles. The van der Waals surface area contributed by atoms with E-state index >= 15 is 0 Å². The van der Waals surface area contributed by atoms with Crippen molar-refractivity contribution in [3.05, 3.63) is 24.0 Å². The molecule has 6 heteroatoms. The number of carbonyl (C=O) groups excluding carboxylic acids is 2. The van der Waals surface area contributed by atoms with Gasteiger partial charge < -0.3 is 14.8 Å². The molecule has 0 atom stereocenters. The summed E-state index contributed by atoms with van der Waals surface area (Å²) >= 11 is 0. The highest BCUT2D eigenvalue weighted by atomic mass is 19.1. The van der Waals surface area contributed by atoms with Gasteiger partial charge in [0.25, 0.3) is 0 Å². The number of ether oxygens (including phenoxy) is 2. The SMILES string of the molecule is CCOC(=O)CCC(=O)Nc1ccc(F)cc1OC. The molecule has 1 N–H and O–H groups in total. The monoisotopic (exact) mass is 269 g/mol. The van der Waals surface area contributed by atoms with E-state index in [1.165, 1.54) is 25.3 Å². The van der Waals surface area contributed by atoms with E-state index in [4.69, 9.17) is 9.47 Å². The van der Waals surface area contributed by atoms with Crippen molar-refractivity contribution >= 4 is 17.6 Å². The molecule has 104 valence electrons. The molecule has 5 nitrogen and oxygen atoms in total. The first-order chi connectivity index (χ1) is 9.06. The van der Waals surface area contributed by atoms with Crippen molar-refractivity contribution in [3.63, 3.8) is 0 Å². The Balaban J connectivity index is 2.55. The maximum Gasteiger partial charge on any atom is 0.306 e. The molecule has 0 heterocycles. The average molecular weight is 269 g/mol. The zero-order chi connectivity index (χ0) is 14.3. The largest absolute Gasteiger partial charge is 0.494 e. The van der Waals surface area contributed by atoms with Gasteiger partial charge >= 0.3 is 5.97 Å². The molecule has 0 aliphatic carbocycles. The van der Waals surface area contributed by atoms with Crippen LogP contribution in [-0.2, 0) is 14.3 Å². The van der Waals surface area contributed by atoms with Gasteiger partial charge in [0, 0.05) is 12.5 Å². The number of methoxy groups -OCH3 is 1. The van der Waals surface area contributed by atoms with Gasteiger partial charge in [-0.2, -0.15) is 0 Å². The van der Waals surface area contributed by atoms with Crippen molar-refractivity contribution in [3.8, 4) is 5.75 Å². The Morgan fingerprint density at radius 3 is 2.68 bits per heavy atom. The van der Waals surface area contributed by atoms with Crippen molar-refractivity contribution in [2.75, 3.05) is 19.0 Å². The molecule has 0 saturated carbocycles. The van der Waals surface area contributed by atoms with E-state index in [2.05, 4.69) is 5.32 Å². The van der Waals surface area contributed by atoms with Crippen LogP contribution >= 0.6 is 0 Å². The molecule has 0 spiro atoms. The smallest absolute Gasteiger partial charge is 0.306 e. The Morgan fingerprint density at radius 1 is 1.32 bits per heavy atom. The van der Waals surface area contributed by atoms with Crippen LogP contribution in [0.2, 0.25) is 0 Å². The molecule has 1 amide bonds. The van der Waals surface area contributed by atoms with Gasteiger partial charge in [-0.1, -0.05) is 0 Å². The standard InChI is InChI=1S/C13H16FNO4/c1-3-19-13(17)7-6-12(16)15-10-5-4-9(14)8-11(10)18-2/h4-5,8H,3,6-7H2,1-2H3,(H,15,16). The van der Waals surface area contributed by atoms with Crippen LogP contribution in [0, 0.1) is 5.82 Å². The van der Waals surface area contributed by atoms with Crippen molar-refractivity contribution in [2.24, 2.45) is 0 Å². The Morgan fingerprint density at radius 2 is 2.05 bits per heavy atom. The summed E-state index contributed by atoms with van der Waals surface area (Å²) in [5.41, 5.74) is 0.359. The lowest BCUT2D eigenvalue weighted by molar-refractivity contribution is -0.144. The highest BCUT2D eigenvalue weighted by Crippen LogP contribution is 2.25. The van der Waals surface area contributed by atoms with Crippen LogP contribution in [-0.4, -0.2) is 25.6 Å². The molecular formula is C13H16FNO4. The van der Waals surface area contributed by atoms with Crippen LogP contribution in [0.4, 0.5) is 10.1 Å². The third-order valence-corrected chi connectivity index (χ3v) is 2.30. The molecule has 0 aromatic heterocycles. The molecule has 1 aromatic carbocycles. The number of esters is 1. The molecule has 0 aliphatic rings. The molecule has 0 radical (unpaired) electrons. The topological polar surface area (TPSA) is 64.6 Å². The highest BCUT2D eigenvalue weighted by Gasteiger charge is 2.11. The predicted molar refractivity (Wildman–Crippen MR) is 67.4 cm³/mol. The normalized spacial score (nSPS) is 9.84. The second-order valence-corrected chi connectivity index (χ2v) is 3.70. The first-order valence-corrected chi connectivity index (χ1v) is 5.85. The minimum absolute atomic E-state index is 0.000631. The summed E-state index contributed by atoms with van der Waals surface area (Å²) in [6.45, 7) is 1.98. The van der Waals surface area contributed by atoms with E-state index in [9.17, 15) is 14.0 Å². The zero-order valence-corrected chi connectivity index (χ0v) is 10.9. The van der Waals surface area contributed by atoms with Gasteiger partial charge in [0.2, 0.25) is 5.91 Å². The van der Waals surface area contributed by atoms with Gasteiger partial charge in [-0.05, 0) is 19.1 Å². The number of hydrogen-bond acceptors (Lipinski definition) is 4. The van der Waals surface area contributed by atoms with E-state index in [0.29, 0.717) is 5.69 Å². The highest BCUT2D eigenvalue weighted by molar-refractivity contribution is 5.93. The van der Waals surface area contributed by atoms with Crippen LogP contribution in [0.5, 0.6) is 5.75 Å². The van der Waals surface area contributed by atoms with Crippen molar-refractivity contribution < 1.29 is 23.5 Å². The van der Waals surface area contributed by atoms with E-state index in [1.54, 1.807) is 6.92 Å². The van der Waals surface area contributed by atoms with Gasteiger partial charge in [-0.3, -0.25) is 9.59 Å². The molecule has 0 fully saturated rings. The fraction of sp³-hybridized carbons (Fsp3) is 0.385. The lowest BCUT2D eigenvalue weighted by Crippen LogP contribution is -2.15. The summed E-state index contributed by atoms with van der Waals surface area (Å²) in [5.74, 6) is -1.02. The van der Waals surface area contributed by atoms with Crippen molar-refractivity contribution in [1.82, 2.24) is 0 Å². The third kappa shape index (κ3) is 4.95. The first-order valence-electron chi connectivity index (χ1n) is 5.85. The van der Waals surface area contributed by atoms with Crippen LogP contribution in [0.3, 0.4) is 0 Å². The molecule has 1 rings (SSSR count). The van der Waals surface area contributed by atoms with Gasteiger partial charge in [-0.15, -0.1) is 0 Å². The number of carbonyl (C=O) groups is 2. The molecular weight excluding hydrogens is 253 g/mol.